The molecule has 0 spiro atoms. The zero-order valence-electron chi connectivity index (χ0n) is 12.4. The largest absolute Gasteiger partial charge is 0.491 e. The van der Waals surface area contributed by atoms with Crippen LogP contribution in [0.15, 0.2) is 29.3 Å². The SMILES string of the molecule is CC(C)=C1CC(=O)N(c2ccc(Cl)c(OCCC#N)c2)C1=O. The van der Waals surface area contributed by atoms with Crippen LogP contribution in [0.4, 0.5) is 5.69 Å². The highest BCUT2D eigenvalue weighted by atomic mass is 35.5. The zero-order chi connectivity index (χ0) is 16.3. The molecule has 1 saturated heterocycles. The molecule has 5 nitrogen and oxygen atoms in total. The number of rotatable bonds is 4. The summed E-state index contributed by atoms with van der Waals surface area (Å²) >= 11 is 6.03. The first-order valence-corrected chi connectivity index (χ1v) is 7.16. The first kappa shape index (κ1) is 16.1. The number of imide groups is 1. The number of nitriles is 1. The third kappa shape index (κ3) is 3.12. The number of hydrogen-bond acceptors (Lipinski definition) is 4. The van der Waals surface area contributed by atoms with Crippen molar-refractivity contribution < 1.29 is 14.3 Å². The average molecular weight is 319 g/mol. The average Bonchev–Trinajstić information content (AvgIpc) is 2.77. The second-order valence-corrected chi connectivity index (χ2v) is 5.47. The molecule has 0 N–H and O–H groups in total. The maximum absolute atomic E-state index is 12.3. The summed E-state index contributed by atoms with van der Waals surface area (Å²) in [5, 5.41) is 8.89. The Morgan fingerprint density at radius 3 is 2.73 bits per heavy atom. The highest BCUT2D eigenvalue weighted by Crippen LogP contribution is 2.33. The monoisotopic (exact) mass is 318 g/mol. The maximum atomic E-state index is 12.3. The molecule has 0 saturated carbocycles. The normalized spacial score (nSPS) is 14.3. The number of halogens is 1. The molecule has 0 aliphatic carbocycles. The predicted molar refractivity (Wildman–Crippen MR) is 82.7 cm³/mol. The summed E-state index contributed by atoms with van der Waals surface area (Å²) in [7, 11) is 0. The van der Waals surface area contributed by atoms with E-state index >= 15 is 0 Å². The summed E-state index contributed by atoms with van der Waals surface area (Å²) in [6.07, 6.45) is 0.332. The van der Waals surface area contributed by atoms with Crippen molar-refractivity contribution in [2.75, 3.05) is 11.5 Å². The van der Waals surface area contributed by atoms with E-state index in [-0.39, 0.29) is 31.3 Å². The molecule has 1 aromatic carbocycles. The lowest BCUT2D eigenvalue weighted by Crippen LogP contribution is -2.29. The molecule has 2 rings (SSSR count). The second kappa shape index (κ2) is 6.63. The van der Waals surface area contributed by atoms with Gasteiger partial charge in [0.05, 0.1) is 29.6 Å². The highest BCUT2D eigenvalue weighted by molar-refractivity contribution is 6.32. The predicted octanol–water partition coefficient (Wildman–Crippen LogP) is 3.23. The summed E-state index contributed by atoms with van der Waals surface area (Å²) in [6.45, 7) is 3.81. The van der Waals surface area contributed by atoms with E-state index < -0.39 is 0 Å². The van der Waals surface area contributed by atoms with Crippen LogP contribution in [0, 0.1) is 11.3 Å². The summed E-state index contributed by atoms with van der Waals surface area (Å²) in [6, 6.07) is 6.68. The van der Waals surface area contributed by atoms with Gasteiger partial charge in [-0.2, -0.15) is 5.26 Å². The number of nitrogens with zero attached hydrogens (tertiary/aromatic N) is 2. The summed E-state index contributed by atoms with van der Waals surface area (Å²) in [5.41, 5.74) is 1.77. The van der Waals surface area contributed by atoms with Crippen LogP contribution in [0.5, 0.6) is 5.75 Å². The molecule has 1 aromatic rings. The third-order valence-electron chi connectivity index (χ3n) is 3.29. The molecule has 114 valence electrons. The van der Waals surface area contributed by atoms with E-state index in [4.69, 9.17) is 21.6 Å². The van der Waals surface area contributed by atoms with Crippen LogP contribution in [0.25, 0.3) is 0 Å². The lowest BCUT2D eigenvalue weighted by atomic mass is 10.1. The van der Waals surface area contributed by atoms with Crippen molar-refractivity contribution in [1.29, 1.82) is 5.26 Å². The van der Waals surface area contributed by atoms with Crippen molar-refractivity contribution in [3.8, 4) is 11.8 Å². The van der Waals surface area contributed by atoms with E-state index in [1.807, 2.05) is 19.9 Å². The molecule has 6 heteroatoms. The van der Waals surface area contributed by atoms with Crippen LogP contribution in [-0.4, -0.2) is 18.4 Å². The smallest absolute Gasteiger partial charge is 0.261 e. The van der Waals surface area contributed by atoms with Crippen molar-refractivity contribution in [3.63, 3.8) is 0 Å². The fraction of sp³-hybridized carbons (Fsp3) is 0.312. The molecule has 1 fully saturated rings. The van der Waals surface area contributed by atoms with Gasteiger partial charge in [0, 0.05) is 11.6 Å². The fourth-order valence-corrected chi connectivity index (χ4v) is 2.33. The fourth-order valence-electron chi connectivity index (χ4n) is 2.15. The van der Waals surface area contributed by atoms with E-state index in [0.29, 0.717) is 22.0 Å². The number of carbonyl (C=O) groups excluding carboxylic acids is 2. The van der Waals surface area contributed by atoms with Gasteiger partial charge in [-0.15, -0.1) is 0 Å². The van der Waals surface area contributed by atoms with E-state index in [9.17, 15) is 9.59 Å². The minimum Gasteiger partial charge on any atom is -0.491 e. The van der Waals surface area contributed by atoms with Gasteiger partial charge in [0.1, 0.15) is 12.4 Å². The number of benzene rings is 1. The Morgan fingerprint density at radius 2 is 2.14 bits per heavy atom. The lowest BCUT2D eigenvalue weighted by Gasteiger charge is -2.16. The van der Waals surface area contributed by atoms with Crippen molar-refractivity contribution in [2.24, 2.45) is 0 Å². The standard InChI is InChI=1S/C16H15ClN2O3/c1-10(2)12-9-15(20)19(16(12)21)11-4-5-13(17)14(8-11)22-7-3-6-18/h4-5,8H,3,7,9H2,1-2H3. The van der Waals surface area contributed by atoms with Gasteiger partial charge in [0.2, 0.25) is 5.91 Å². The van der Waals surface area contributed by atoms with Gasteiger partial charge < -0.3 is 4.74 Å². The number of ether oxygens (including phenoxy) is 1. The van der Waals surface area contributed by atoms with E-state index in [1.54, 1.807) is 18.2 Å². The van der Waals surface area contributed by atoms with Crippen LogP contribution < -0.4 is 9.64 Å². The Bertz CT molecular complexity index is 700. The molecule has 0 bridgehead atoms. The van der Waals surface area contributed by atoms with Crippen molar-refractivity contribution in [3.05, 3.63) is 34.4 Å². The van der Waals surface area contributed by atoms with Crippen molar-refractivity contribution >= 4 is 29.1 Å². The van der Waals surface area contributed by atoms with E-state index in [0.717, 1.165) is 10.5 Å². The Morgan fingerprint density at radius 1 is 1.41 bits per heavy atom. The number of carbonyl (C=O) groups is 2. The summed E-state index contributed by atoms with van der Waals surface area (Å²) in [5.74, 6) is -0.234. The van der Waals surface area contributed by atoms with E-state index in [1.165, 1.54) is 0 Å². The molecule has 0 radical (unpaired) electrons. The van der Waals surface area contributed by atoms with E-state index in [2.05, 4.69) is 0 Å². The van der Waals surface area contributed by atoms with Gasteiger partial charge in [-0.25, -0.2) is 4.90 Å². The van der Waals surface area contributed by atoms with Gasteiger partial charge in [-0.1, -0.05) is 17.2 Å². The first-order valence-electron chi connectivity index (χ1n) is 6.78. The van der Waals surface area contributed by atoms with Gasteiger partial charge in [0.25, 0.3) is 5.91 Å². The molecule has 0 aromatic heterocycles. The van der Waals surface area contributed by atoms with Crippen LogP contribution in [0.2, 0.25) is 5.02 Å². The van der Waals surface area contributed by atoms with Crippen LogP contribution >= 0.6 is 11.6 Å². The van der Waals surface area contributed by atoms with Gasteiger partial charge in [0.15, 0.2) is 0 Å². The van der Waals surface area contributed by atoms with Crippen LogP contribution in [0.1, 0.15) is 26.7 Å². The topological polar surface area (TPSA) is 70.4 Å². The minimum atomic E-state index is -0.310. The molecule has 1 aliphatic rings. The molecule has 1 heterocycles. The molecule has 1 aliphatic heterocycles. The Hall–Kier alpha value is -2.32. The quantitative estimate of drug-likeness (QED) is 0.485. The minimum absolute atomic E-state index is 0.106. The lowest BCUT2D eigenvalue weighted by molar-refractivity contribution is -0.120. The second-order valence-electron chi connectivity index (χ2n) is 5.06. The zero-order valence-corrected chi connectivity index (χ0v) is 13.1. The Balaban J connectivity index is 2.32. The maximum Gasteiger partial charge on any atom is 0.261 e. The molecular formula is C16H15ClN2O3. The Labute approximate surface area is 133 Å². The molecular weight excluding hydrogens is 304 g/mol. The highest BCUT2D eigenvalue weighted by Gasteiger charge is 2.35. The number of amides is 2. The third-order valence-corrected chi connectivity index (χ3v) is 3.60. The van der Waals surface area contributed by atoms with Gasteiger partial charge in [-0.3, -0.25) is 9.59 Å². The first-order chi connectivity index (χ1) is 10.5. The van der Waals surface area contributed by atoms with Crippen LogP contribution in [-0.2, 0) is 9.59 Å². The van der Waals surface area contributed by atoms with Crippen molar-refractivity contribution in [1.82, 2.24) is 0 Å². The molecule has 0 atom stereocenters. The van der Waals surface area contributed by atoms with Gasteiger partial charge >= 0.3 is 0 Å². The molecule has 22 heavy (non-hydrogen) atoms. The van der Waals surface area contributed by atoms with Crippen LogP contribution in [0.3, 0.4) is 0 Å². The summed E-state index contributed by atoms with van der Waals surface area (Å²) < 4.78 is 5.41. The molecule has 0 unspecified atom stereocenters. The number of anilines is 1. The summed E-state index contributed by atoms with van der Waals surface area (Å²) in [4.78, 5) is 25.6. The van der Waals surface area contributed by atoms with Gasteiger partial charge in [-0.05, 0) is 26.0 Å². The number of allylic oxidation sites excluding steroid dienone is 1. The van der Waals surface area contributed by atoms with Crippen molar-refractivity contribution in [2.45, 2.75) is 26.7 Å². The molecule has 2 amide bonds. The Kier molecular flexibility index (Phi) is 4.84. The number of hydrogen-bond donors (Lipinski definition) is 0.